The van der Waals surface area contributed by atoms with Crippen LogP contribution >= 0.6 is 0 Å². The number of hydrogen-bond acceptors (Lipinski definition) is 5. The van der Waals surface area contributed by atoms with Gasteiger partial charge in [-0.05, 0) is 0 Å². The van der Waals surface area contributed by atoms with E-state index in [0.717, 1.165) is 0 Å². The topological polar surface area (TPSA) is 74.0 Å². The Bertz CT molecular complexity index is 170. The molecule has 6 nitrogen and oxygen atoms in total. The van der Waals surface area contributed by atoms with E-state index in [0.29, 0.717) is 39.5 Å². The van der Waals surface area contributed by atoms with Gasteiger partial charge in [-0.2, -0.15) is 0 Å². The number of carbonyl (C=O) groups excluding carboxylic acids is 1. The van der Waals surface area contributed by atoms with Crippen molar-refractivity contribution in [2.75, 3.05) is 60.3 Å². The van der Waals surface area contributed by atoms with Crippen molar-refractivity contribution in [1.29, 1.82) is 0 Å². The zero-order valence-electron chi connectivity index (χ0n) is 10.1. The van der Waals surface area contributed by atoms with Gasteiger partial charge in [-0.3, -0.25) is 4.79 Å². The van der Waals surface area contributed by atoms with Crippen molar-refractivity contribution in [3.05, 3.63) is 0 Å². The number of nitrogens with two attached hydrogens (primary N) is 1. The monoisotopic (exact) mass is 234 g/mol. The van der Waals surface area contributed by atoms with E-state index in [2.05, 4.69) is 0 Å². The maximum atomic E-state index is 11.7. The van der Waals surface area contributed by atoms with E-state index in [1.807, 2.05) is 0 Å². The molecule has 0 aromatic rings. The van der Waals surface area contributed by atoms with E-state index in [1.165, 1.54) is 0 Å². The van der Waals surface area contributed by atoms with Crippen LogP contribution in [0.2, 0.25) is 0 Å². The van der Waals surface area contributed by atoms with Gasteiger partial charge in [0.25, 0.3) is 0 Å². The minimum atomic E-state index is -0.0671. The number of hydrogen-bond donors (Lipinski definition) is 1. The fourth-order valence-corrected chi connectivity index (χ4v) is 1.10. The second-order valence-electron chi connectivity index (χ2n) is 3.21. The molecular formula is C10H22N2O4. The van der Waals surface area contributed by atoms with Crippen molar-refractivity contribution >= 4 is 5.91 Å². The molecule has 0 aromatic heterocycles. The summed E-state index contributed by atoms with van der Waals surface area (Å²) in [7, 11) is 3.20. The molecule has 0 rings (SSSR count). The van der Waals surface area contributed by atoms with Crippen molar-refractivity contribution in [3.8, 4) is 0 Å². The first-order valence-corrected chi connectivity index (χ1v) is 5.29. The van der Waals surface area contributed by atoms with Gasteiger partial charge in [0.15, 0.2) is 0 Å². The van der Waals surface area contributed by atoms with Crippen LogP contribution in [0.4, 0.5) is 0 Å². The van der Waals surface area contributed by atoms with Gasteiger partial charge in [-0.25, -0.2) is 0 Å². The molecular weight excluding hydrogens is 212 g/mol. The first-order valence-electron chi connectivity index (χ1n) is 5.29. The summed E-state index contributed by atoms with van der Waals surface area (Å²) in [6, 6.07) is 0. The molecule has 0 spiro atoms. The summed E-state index contributed by atoms with van der Waals surface area (Å²) in [5.74, 6) is -0.0671. The van der Waals surface area contributed by atoms with Crippen LogP contribution in [0.15, 0.2) is 0 Å². The number of amides is 1. The smallest absolute Gasteiger partial charge is 0.248 e. The molecule has 0 aliphatic rings. The minimum Gasteiger partial charge on any atom is -0.383 e. The molecule has 16 heavy (non-hydrogen) atoms. The fourth-order valence-electron chi connectivity index (χ4n) is 1.10. The van der Waals surface area contributed by atoms with E-state index in [1.54, 1.807) is 19.1 Å². The van der Waals surface area contributed by atoms with Gasteiger partial charge in [0.05, 0.1) is 19.8 Å². The summed E-state index contributed by atoms with van der Waals surface area (Å²) in [5.41, 5.74) is 5.26. The van der Waals surface area contributed by atoms with Crippen molar-refractivity contribution in [2.45, 2.75) is 0 Å². The summed E-state index contributed by atoms with van der Waals surface area (Å²) in [6.07, 6.45) is 0. The maximum absolute atomic E-state index is 11.7. The molecule has 0 saturated heterocycles. The predicted molar refractivity (Wildman–Crippen MR) is 60.2 cm³/mol. The van der Waals surface area contributed by atoms with Crippen molar-refractivity contribution < 1.29 is 19.0 Å². The molecule has 0 bridgehead atoms. The predicted octanol–water partition coefficient (Wildman–Crippen LogP) is -0.917. The van der Waals surface area contributed by atoms with Gasteiger partial charge in [-0.1, -0.05) is 0 Å². The molecule has 0 saturated carbocycles. The summed E-state index contributed by atoms with van der Waals surface area (Å²) in [6.45, 7) is 2.98. The van der Waals surface area contributed by atoms with E-state index in [4.69, 9.17) is 19.9 Å². The van der Waals surface area contributed by atoms with Crippen LogP contribution in [0.25, 0.3) is 0 Å². The number of methoxy groups -OCH3 is 2. The Morgan fingerprint density at radius 2 is 1.69 bits per heavy atom. The zero-order valence-corrected chi connectivity index (χ0v) is 10.1. The summed E-state index contributed by atoms with van der Waals surface area (Å²) in [5, 5.41) is 0. The fraction of sp³-hybridized carbons (Fsp3) is 0.900. The average molecular weight is 234 g/mol. The quantitative estimate of drug-likeness (QED) is 0.495. The van der Waals surface area contributed by atoms with E-state index in [9.17, 15) is 4.79 Å². The zero-order chi connectivity index (χ0) is 12.2. The number of carbonyl (C=O) groups is 1. The summed E-state index contributed by atoms with van der Waals surface area (Å²) in [4.78, 5) is 13.3. The third-order valence-electron chi connectivity index (χ3n) is 1.97. The van der Waals surface area contributed by atoms with E-state index in [-0.39, 0.29) is 12.5 Å². The van der Waals surface area contributed by atoms with Crippen LogP contribution in [0.5, 0.6) is 0 Å². The number of ether oxygens (including phenoxy) is 3. The molecule has 1 amide bonds. The van der Waals surface area contributed by atoms with Gasteiger partial charge < -0.3 is 24.8 Å². The molecule has 0 heterocycles. The van der Waals surface area contributed by atoms with Crippen LogP contribution in [-0.2, 0) is 19.0 Å². The van der Waals surface area contributed by atoms with Crippen LogP contribution in [0, 0.1) is 0 Å². The normalized spacial score (nSPS) is 10.4. The molecule has 0 fully saturated rings. The first-order chi connectivity index (χ1) is 7.76. The second kappa shape index (κ2) is 10.8. The van der Waals surface area contributed by atoms with Crippen molar-refractivity contribution in [1.82, 2.24) is 4.90 Å². The Hall–Kier alpha value is -0.690. The Balaban J connectivity index is 3.88. The lowest BCUT2D eigenvalue weighted by Gasteiger charge is -2.21. The van der Waals surface area contributed by atoms with Crippen LogP contribution in [0.3, 0.4) is 0 Å². The second-order valence-corrected chi connectivity index (χ2v) is 3.21. The van der Waals surface area contributed by atoms with Gasteiger partial charge in [-0.15, -0.1) is 0 Å². The van der Waals surface area contributed by atoms with E-state index >= 15 is 0 Å². The summed E-state index contributed by atoms with van der Waals surface area (Å²) >= 11 is 0. The molecule has 0 aliphatic carbocycles. The number of nitrogens with zero attached hydrogens (tertiary/aromatic N) is 1. The highest BCUT2D eigenvalue weighted by Crippen LogP contribution is 1.92. The van der Waals surface area contributed by atoms with Crippen LogP contribution < -0.4 is 5.73 Å². The molecule has 0 aliphatic heterocycles. The number of rotatable bonds is 10. The SMILES string of the molecule is COCCN(CCOC)C(=O)COCCN. The minimum absolute atomic E-state index is 0.0601. The molecule has 0 aromatic carbocycles. The average Bonchev–Trinajstić information content (AvgIpc) is 2.29. The van der Waals surface area contributed by atoms with E-state index < -0.39 is 0 Å². The lowest BCUT2D eigenvalue weighted by molar-refractivity contribution is -0.137. The lowest BCUT2D eigenvalue weighted by Crippen LogP contribution is -2.39. The standard InChI is InChI=1S/C10H22N2O4/c1-14-7-4-12(5-8-15-2)10(13)9-16-6-3-11/h3-9,11H2,1-2H3. The highest BCUT2D eigenvalue weighted by molar-refractivity contribution is 5.77. The Kier molecular flexibility index (Phi) is 10.3. The molecule has 0 atom stereocenters. The third kappa shape index (κ3) is 7.58. The van der Waals surface area contributed by atoms with Gasteiger partial charge >= 0.3 is 0 Å². The Morgan fingerprint density at radius 3 is 2.12 bits per heavy atom. The highest BCUT2D eigenvalue weighted by atomic mass is 16.5. The van der Waals surface area contributed by atoms with Crippen LogP contribution in [-0.4, -0.2) is 71.1 Å². The van der Waals surface area contributed by atoms with Gasteiger partial charge in [0.2, 0.25) is 5.91 Å². The molecule has 96 valence electrons. The first kappa shape index (κ1) is 15.3. The lowest BCUT2D eigenvalue weighted by atomic mass is 10.4. The van der Waals surface area contributed by atoms with Crippen LogP contribution in [0.1, 0.15) is 0 Å². The molecule has 2 N–H and O–H groups in total. The molecule has 0 unspecified atom stereocenters. The maximum Gasteiger partial charge on any atom is 0.248 e. The molecule has 0 radical (unpaired) electrons. The Morgan fingerprint density at radius 1 is 1.12 bits per heavy atom. The summed E-state index contributed by atoms with van der Waals surface area (Å²) < 4.78 is 15.0. The largest absolute Gasteiger partial charge is 0.383 e. The highest BCUT2D eigenvalue weighted by Gasteiger charge is 2.12. The van der Waals surface area contributed by atoms with Gasteiger partial charge in [0, 0.05) is 33.9 Å². The van der Waals surface area contributed by atoms with Gasteiger partial charge in [0.1, 0.15) is 6.61 Å². The third-order valence-corrected chi connectivity index (χ3v) is 1.97. The van der Waals surface area contributed by atoms with Crippen molar-refractivity contribution in [2.24, 2.45) is 5.73 Å². The Labute approximate surface area is 96.6 Å². The van der Waals surface area contributed by atoms with Crippen molar-refractivity contribution in [3.63, 3.8) is 0 Å². The molecule has 6 heteroatoms.